The van der Waals surface area contributed by atoms with Crippen LogP contribution in [0, 0.1) is 34.3 Å². The molecular weight excluding hydrogens is 867 g/mol. The minimum atomic E-state index is -5.07. The molecule has 4 amide bonds. The van der Waals surface area contributed by atoms with Gasteiger partial charge in [-0.15, -0.1) is 0 Å². The van der Waals surface area contributed by atoms with E-state index < -0.39 is 65.0 Å². The number of benzene rings is 4. The fraction of sp³-hybridized carbons (Fsp3) is 0.267. The van der Waals surface area contributed by atoms with Crippen molar-refractivity contribution in [2.24, 2.45) is 5.73 Å². The number of hydrogen-bond acceptors (Lipinski definition) is 8. The number of halogens is 8. The number of nitrogens with one attached hydrogen (secondary N) is 3. The fourth-order valence-corrected chi connectivity index (χ4v) is 7.92. The largest absolute Gasteiger partial charge is 0.419 e. The van der Waals surface area contributed by atoms with Gasteiger partial charge in [-0.25, -0.2) is 13.6 Å². The third kappa shape index (κ3) is 9.64. The summed E-state index contributed by atoms with van der Waals surface area (Å²) in [6, 6.07) is 17.8. The van der Waals surface area contributed by atoms with Gasteiger partial charge in [0.15, 0.2) is 0 Å². The van der Waals surface area contributed by atoms with E-state index >= 15 is 0 Å². The van der Waals surface area contributed by atoms with E-state index in [0.717, 1.165) is 17.0 Å². The van der Waals surface area contributed by atoms with Crippen molar-refractivity contribution in [1.82, 2.24) is 20.4 Å². The van der Waals surface area contributed by atoms with Crippen LogP contribution in [0.25, 0.3) is 0 Å². The highest BCUT2D eigenvalue weighted by Gasteiger charge is 2.45. The molecule has 5 N–H and O–H groups in total. The van der Waals surface area contributed by atoms with Crippen LogP contribution in [0.4, 0.5) is 51.3 Å². The van der Waals surface area contributed by atoms with Gasteiger partial charge in [-0.3, -0.25) is 14.5 Å². The highest BCUT2D eigenvalue weighted by Crippen LogP contribution is 2.41. The molecular formula is C45H37F8N9O3. The van der Waals surface area contributed by atoms with Gasteiger partial charge in [-0.05, 0) is 97.7 Å². The molecule has 65 heavy (non-hydrogen) atoms. The summed E-state index contributed by atoms with van der Waals surface area (Å²) in [5, 5.41) is 27.2. The maximum absolute atomic E-state index is 14.3. The first-order valence-corrected chi connectivity index (χ1v) is 20.0. The van der Waals surface area contributed by atoms with Crippen molar-refractivity contribution in [2.75, 3.05) is 49.5 Å². The predicted molar refractivity (Wildman–Crippen MR) is 219 cm³/mol. The van der Waals surface area contributed by atoms with Gasteiger partial charge in [0.05, 0.1) is 82.1 Å². The summed E-state index contributed by atoms with van der Waals surface area (Å²) in [5.74, 6) is -3.98. The number of nitriles is 2. The van der Waals surface area contributed by atoms with Gasteiger partial charge < -0.3 is 31.5 Å². The van der Waals surface area contributed by atoms with E-state index in [9.17, 15) is 60.0 Å². The second kappa shape index (κ2) is 18.4. The quantitative estimate of drug-likeness (QED) is 0.0750. The molecule has 3 aliphatic heterocycles. The second-order valence-corrected chi connectivity index (χ2v) is 15.3. The summed E-state index contributed by atoms with van der Waals surface area (Å²) in [6.45, 7) is 0.859. The number of alkyl halides is 6. The van der Waals surface area contributed by atoms with E-state index in [4.69, 9.17) is 5.73 Å². The molecule has 12 nitrogen and oxygen atoms in total. The number of amides is 4. The van der Waals surface area contributed by atoms with Gasteiger partial charge in [0.1, 0.15) is 11.6 Å². The lowest BCUT2D eigenvalue weighted by Crippen LogP contribution is -2.47. The third-order valence-electron chi connectivity index (χ3n) is 11.1. The van der Waals surface area contributed by atoms with Crippen LogP contribution in [0.2, 0.25) is 0 Å². The molecule has 336 valence electrons. The van der Waals surface area contributed by atoms with E-state index in [1.165, 1.54) is 34.1 Å². The van der Waals surface area contributed by atoms with Crippen LogP contribution in [0.15, 0.2) is 107 Å². The maximum atomic E-state index is 14.3. The van der Waals surface area contributed by atoms with Crippen molar-refractivity contribution >= 4 is 29.2 Å². The van der Waals surface area contributed by atoms with E-state index in [1.54, 1.807) is 24.3 Å². The summed E-state index contributed by atoms with van der Waals surface area (Å²) in [4.78, 5) is 45.2. The van der Waals surface area contributed by atoms with Crippen molar-refractivity contribution in [3.63, 3.8) is 0 Å². The molecule has 0 aromatic heterocycles. The number of carbonyl (C=O) groups is 3. The SMILES string of the molecule is N#Cc1ccc(C(N)C2=C(Nc3ccc(F)c(C(F)(F)F)c3)CN(CCCNCCCN3CC4=C(C3=O)C(c3ccc(C#N)cc3)NC(=O)N4c3ccc(F)c(C(F)(F)F)c3)C2=O)cc1. The molecule has 4 aromatic rings. The molecule has 2 atom stereocenters. The molecule has 0 aliphatic carbocycles. The smallest absolute Gasteiger partial charge is 0.357 e. The molecule has 0 radical (unpaired) electrons. The average Bonchev–Trinajstić information content (AvgIpc) is 3.76. The zero-order valence-corrected chi connectivity index (χ0v) is 34.0. The number of nitrogens with zero attached hydrogens (tertiary/aromatic N) is 5. The Bertz CT molecular complexity index is 2670. The van der Waals surface area contributed by atoms with Crippen LogP contribution in [0.3, 0.4) is 0 Å². The summed E-state index contributed by atoms with van der Waals surface area (Å²) >= 11 is 0. The van der Waals surface area contributed by atoms with Gasteiger partial charge in [0, 0.05) is 24.5 Å². The van der Waals surface area contributed by atoms with Gasteiger partial charge in [-0.2, -0.15) is 36.9 Å². The molecule has 0 bridgehead atoms. The molecule has 0 saturated carbocycles. The summed E-state index contributed by atoms with van der Waals surface area (Å²) in [7, 11) is 0. The van der Waals surface area contributed by atoms with Gasteiger partial charge in [0.25, 0.3) is 11.8 Å². The van der Waals surface area contributed by atoms with Crippen LogP contribution < -0.4 is 26.6 Å². The summed E-state index contributed by atoms with van der Waals surface area (Å²) in [5.41, 5.74) is 5.09. The van der Waals surface area contributed by atoms with E-state index in [1.807, 2.05) is 12.1 Å². The highest BCUT2D eigenvalue weighted by molar-refractivity contribution is 6.07. The lowest BCUT2D eigenvalue weighted by Gasteiger charge is -2.34. The third-order valence-corrected chi connectivity index (χ3v) is 11.1. The van der Waals surface area contributed by atoms with Crippen LogP contribution in [0.5, 0.6) is 0 Å². The molecule has 0 saturated heterocycles. The zero-order valence-electron chi connectivity index (χ0n) is 34.0. The van der Waals surface area contributed by atoms with Crippen molar-refractivity contribution in [3.8, 4) is 12.1 Å². The number of urea groups is 1. The van der Waals surface area contributed by atoms with E-state index in [-0.39, 0.29) is 60.1 Å². The first kappa shape index (κ1) is 45.7. The number of anilines is 2. The predicted octanol–water partition coefficient (Wildman–Crippen LogP) is 7.39. The fourth-order valence-electron chi connectivity index (χ4n) is 7.92. The van der Waals surface area contributed by atoms with Crippen LogP contribution in [-0.2, 0) is 21.9 Å². The Hall–Kier alpha value is -7.29. The highest BCUT2D eigenvalue weighted by atomic mass is 19.4. The zero-order chi connectivity index (χ0) is 46.8. The van der Waals surface area contributed by atoms with Gasteiger partial charge in [-0.1, -0.05) is 24.3 Å². The maximum Gasteiger partial charge on any atom is 0.419 e. The number of rotatable bonds is 14. The van der Waals surface area contributed by atoms with Crippen molar-refractivity contribution in [2.45, 2.75) is 37.3 Å². The Morgan fingerprint density at radius 3 is 1.88 bits per heavy atom. The van der Waals surface area contributed by atoms with Crippen molar-refractivity contribution < 1.29 is 49.5 Å². The molecule has 0 spiro atoms. The first-order valence-electron chi connectivity index (χ1n) is 20.0. The lowest BCUT2D eigenvalue weighted by atomic mass is 9.94. The minimum Gasteiger partial charge on any atom is -0.357 e. The summed E-state index contributed by atoms with van der Waals surface area (Å²) < 4.78 is 110. The van der Waals surface area contributed by atoms with Crippen molar-refractivity contribution in [1.29, 1.82) is 10.5 Å². The van der Waals surface area contributed by atoms with Gasteiger partial charge >= 0.3 is 18.4 Å². The van der Waals surface area contributed by atoms with E-state index in [2.05, 4.69) is 16.0 Å². The number of hydrogen-bond donors (Lipinski definition) is 4. The van der Waals surface area contributed by atoms with Crippen LogP contribution >= 0.6 is 0 Å². The normalized spacial score (nSPS) is 17.1. The Morgan fingerprint density at radius 1 is 0.738 bits per heavy atom. The topological polar surface area (TPSA) is 171 Å². The second-order valence-electron chi connectivity index (χ2n) is 15.3. The minimum absolute atomic E-state index is 0.0567. The van der Waals surface area contributed by atoms with Crippen LogP contribution in [-0.4, -0.2) is 66.9 Å². The molecule has 7 rings (SSSR count). The Balaban J connectivity index is 0.992. The van der Waals surface area contributed by atoms with Crippen molar-refractivity contribution in [3.05, 3.63) is 152 Å². The molecule has 0 fully saturated rings. The number of nitrogens with two attached hydrogens (primary N) is 1. The number of carbonyl (C=O) groups excluding carboxylic acids is 3. The Labute approximate surface area is 366 Å². The monoisotopic (exact) mass is 903 g/mol. The molecule has 20 heteroatoms. The van der Waals surface area contributed by atoms with E-state index in [0.29, 0.717) is 72.5 Å². The molecule has 3 aliphatic rings. The lowest BCUT2D eigenvalue weighted by molar-refractivity contribution is -0.140. The van der Waals surface area contributed by atoms with Crippen LogP contribution in [0.1, 0.15) is 58.3 Å². The molecule has 3 heterocycles. The summed E-state index contributed by atoms with van der Waals surface area (Å²) in [6.07, 6.45) is -9.26. The average molecular weight is 904 g/mol. The molecule has 2 unspecified atom stereocenters. The standard InChI is InChI=1S/C45H37F8N9O3/c46-33-13-11-29(19-31(33)44(48,49)50)58-35-23-60(41(63)37(35)39(56)27-7-3-25(21-54)4-8-27)17-1-15-57-16-2-18-61-24-36-38(42(61)64)40(28-9-5-26(22-55)6-10-28)59-43(65)62(36)30-12-14-34(47)32(20-30)45(51,52)53/h3-14,19-20,39-40,57-58H,1-2,15-18,23-24,56H2,(H,59,65). The Morgan fingerprint density at radius 2 is 1.29 bits per heavy atom. The molecule has 4 aromatic carbocycles. The van der Waals surface area contributed by atoms with Gasteiger partial charge in [0.2, 0.25) is 0 Å². The first-order chi connectivity index (χ1) is 30.9. The Kier molecular flexibility index (Phi) is 13.0.